The highest BCUT2D eigenvalue weighted by Crippen LogP contribution is 2.35. The van der Waals surface area contributed by atoms with Crippen LogP contribution in [0.15, 0.2) is 47.4 Å². The van der Waals surface area contributed by atoms with E-state index in [9.17, 15) is 18.3 Å². The molecule has 16 heteroatoms. The number of methoxy groups -OCH3 is 2. The van der Waals surface area contributed by atoms with E-state index in [0.717, 1.165) is 18.7 Å². The Morgan fingerprint density at radius 3 is 2.38 bits per heavy atom. The molecule has 0 bridgehead atoms. The number of nitrogens with zero attached hydrogens (tertiary/aromatic N) is 2. The largest absolute Gasteiger partial charge is 0.492 e. The number of carbonyl (C=O) groups excluding carboxylic acids is 1. The predicted molar refractivity (Wildman–Crippen MR) is 189 cm³/mol. The second-order valence-corrected chi connectivity index (χ2v) is 15.5. The fraction of sp³-hybridized carbons (Fsp3) is 0.639. The van der Waals surface area contributed by atoms with E-state index in [1.54, 1.807) is 20.3 Å². The van der Waals surface area contributed by atoms with Gasteiger partial charge in [0.25, 0.3) is 0 Å². The summed E-state index contributed by atoms with van der Waals surface area (Å²) in [5.74, 6) is 1.33. The molecule has 0 spiro atoms. The summed E-state index contributed by atoms with van der Waals surface area (Å²) in [4.78, 5) is 15.5. The van der Waals surface area contributed by atoms with Crippen LogP contribution in [-0.2, 0) is 40.1 Å². The molecule has 3 aliphatic heterocycles. The number of sulfonamides is 1. The summed E-state index contributed by atoms with van der Waals surface area (Å²) in [6.07, 6.45) is -2.03. The maximum atomic E-state index is 14.0. The number of amides is 1. The third-order valence-corrected chi connectivity index (χ3v) is 11.1. The fourth-order valence-electron chi connectivity index (χ4n) is 6.40. The van der Waals surface area contributed by atoms with Crippen LogP contribution < -0.4 is 19.5 Å². The number of hydrogen-bond acceptors (Lipinski definition) is 13. The Balaban J connectivity index is 1.28. The van der Waals surface area contributed by atoms with E-state index in [0.29, 0.717) is 56.6 Å². The Bertz CT molecular complexity index is 1520. The van der Waals surface area contributed by atoms with Gasteiger partial charge in [0.05, 0.1) is 49.4 Å². The summed E-state index contributed by atoms with van der Waals surface area (Å²) in [7, 11) is -0.737. The van der Waals surface area contributed by atoms with Crippen LogP contribution in [0.4, 0.5) is 4.79 Å². The fourth-order valence-corrected chi connectivity index (χ4v) is 8.04. The van der Waals surface area contributed by atoms with E-state index in [2.05, 4.69) is 10.2 Å². The average molecular weight is 752 g/mol. The lowest BCUT2D eigenvalue weighted by atomic mass is 10.0. The van der Waals surface area contributed by atoms with Gasteiger partial charge in [-0.05, 0) is 48.6 Å². The molecule has 52 heavy (non-hydrogen) atoms. The molecule has 3 aliphatic rings. The summed E-state index contributed by atoms with van der Waals surface area (Å²) >= 11 is 0. The molecule has 5 rings (SSSR count). The highest BCUT2D eigenvalue weighted by atomic mass is 32.2. The zero-order chi connectivity index (χ0) is 37.1. The third-order valence-electron chi connectivity index (χ3n) is 9.23. The highest BCUT2D eigenvalue weighted by molar-refractivity contribution is 7.89. The van der Waals surface area contributed by atoms with Gasteiger partial charge in [-0.25, -0.2) is 13.2 Å². The summed E-state index contributed by atoms with van der Waals surface area (Å²) < 4.78 is 73.3. The number of carbonyl (C=O) groups is 1. The number of hydrogen-bond donors (Lipinski definition) is 2. The first-order chi connectivity index (χ1) is 25.1. The molecule has 5 atom stereocenters. The summed E-state index contributed by atoms with van der Waals surface area (Å²) in [5, 5.41) is 14.5. The van der Waals surface area contributed by atoms with Crippen molar-refractivity contribution in [2.75, 3.05) is 86.8 Å². The number of aliphatic hydroxyl groups is 1. The second kappa shape index (κ2) is 19.2. The third kappa shape index (κ3) is 10.9. The van der Waals surface area contributed by atoms with Gasteiger partial charge < -0.3 is 48.3 Å². The monoisotopic (exact) mass is 751 g/mol. The first kappa shape index (κ1) is 40.0. The molecule has 2 aromatic carbocycles. The van der Waals surface area contributed by atoms with Crippen LogP contribution in [0.2, 0.25) is 0 Å². The lowest BCUT2D eigenvalue weighted by Crippen LogP contribution is -2.51. The van der Waals surface area contributed by atoms with E-state index >= 15 is 0 Å². The molecule has 0 unspecified atom stereocenters. The summed E-state index contributed by atoms with van der Waals surface area (Å²) in [6.45, 7) is 8.28. The van der Waals surface area contributed by atoms with Gasteiger partial charge in [0, 0.05) is 53.0 Å². The maximum absolute atomic E-state index is 14.0. The van der Waals surface area contributed by atoms with Crippen molar-refractivity contribution in [2.45, 2.75) is 56.1 Å². The number of ether oxygens (including phenoxy) is 8. The molecule has 290 valence electrons. The molecule has 15 nitrogen and oxygen atoms in total. The maximum Gasteiger partial charge on any atom is 0.407 e. The van der Waals surface area contributed by atoms with Gasteiger partial charge in [-0.2, -0.15) is 4.31 Å². The molecule has 0 saturated carbocycles. The number of fused-ring (bicyclic) bond motifs is 2. The molecule has 2 N–H and O–H groups in total. The topological polar surface area (TPSA) is 164 Å². The van der Waals surface area contributed by atoms with E-state index in [1.807, 2.05) is 38.1 Å². The normalized spacial score (nSPS) is 20.7. The van der Waals surface area contributed by atoms with Crippen molar-refractivity contribution in [3.63, 3.8) is 0 Å². The van der Waals surface area contributed by atoms with Crippen LogP contribution in [-0.4, -0.2) is 140 Å². The van der Waals surface area contributed by atoms with Crippen molar-refractivity contribution >= 4 is 16.1 Å². The molecule has 1 amide bonds. The minimum Gasteiger partial charge on any atom is -0.492 e. The first-order valence-corrected chi connectivity index (χ1v) is 19.2. The SMILES string of the molecule is COCCN(CCOC)CCOc1ccc(C[C@H](NC(=O)O[C@H]2CO[C@H]3OCC[C@H]32)[C@H](O)CN(CC(C)C)S(=O)(=O)c2ccc3c(c2)OCO3)cc1. The molecule has 0 radical (unpaired) electrons. The van der Waals surface area contributed by atoms with Crippen LogP contribution in [0.1, 0.15) is 25.8 Å². The van der Waals surface area contributed by atoms with E-state index in [4.69, 9.17) is 37.9 Å². The van der Waals surface area contributed by atoms with Crippen LogP contribution in [0.3, 0.4) is 0 Å². The minimum atomic E-state index is -4.08. The van der Waals surface area contributed by atoms with Crippen molar-refractivity contribution < 1.29 is 56.2 Å². The van der Waals surface area contributed by atoms with Gasteiger partial charge in [0.2, 0.25) is 16.8 Å². The number of alkyl carbamates (subject to hydrolysis) is 1. The average Bonchev–Trinajstić information content (AvgIpc) is 3.88. The quantitative estimate of drug-likeness (QED) is 0.192. The van der Waals surface area contributed by atoms with Crippen molar-refractivity contribution in [1.82, 2.24) is 14.5 Å². The summed E-state index contributed by atoms with van der Waals surface area (Å²) in [5.41, 5.74) is 0.793. The Labute approximate surface area is 306 Å². The zero-order valence-corrected chi connectivity index (χ0v) is 31.3. The smallest absolute Gasteiger partial charge is 0.407 e. The van der Waals surface area contributed by atoms with Gasteiger partial charge in [-0.15, -0.1) is 0 Å². The molecule has 2 fully saturated rings. The highest BCUT2D eigenvalue weighted by Gasteiger charge is 2.44. The molecule has 0 aromatic heterocycles. The molecular formula is C36H53N3O12S. The van der Waals surface area contributed by atoms with Gasteiger partial charge in [-0.1, -0.05) is 26.0 Å². The van der Waals surface area contributed by atoms with E-state index < -0.39 is 40.7 Å². The Kier molecular flexibility index (Phi) is 14.8. The van der Waals surface area contributed by atoms with Crippen LogP contribution in [0, 0.1) is 11.8 Å². The van der Waals surface area contributed by atoms with Crippen molar-refractivity contribution in [2.24, 2.45) is 11.8 Å². The van der Waals surface area contributed by atoms with Crippen molar-refractivity contribution in [1.29, 1.82) is 0 Å². The van der Waals surface area contributed by atoms with Crippen LogP contribution in [0.25, 0.3) is 0 Å². The summed E-state index contributed by atoms with van der Waals surface area (Å²) in [6, 6.07) is 10.9. The molecule has 2 saturated heterocycles. The van der Waals surface area contributed by atoms with Crippen LogP contribution in [0.5, 0.6) is 17.2 Å². The Hall–Kier alpha value is -3.22. The minimum absolute atomic E-state index is 0.00753. The Morgan fingerprint density at radius 2 is 1.67 bits per heavy atom. The van der Waals surface area contributed by atoms with Crippen LogP contribution >= 0.6 is 0 Å². The van der Waals surface area contributed by atoms with Crippen molar-refractivity contribution in [3.05, 3.63) is 48.0 Å². The molecule has 2 aromatic rings. The van der Waals surface area contributed by atoms with Gasteiger partial charge >= 0.3 is 6.09 Å². The van der Waals surface area contributed by atoms with Gasteiger partial charge in [0.1, 0.15) is 18.5 Å². The number of rotatable bonds is 21. The molecule has 0 aliphatic carbocycles. The molecular weight excluding hydrogens is 698 g/mol. The Morgan fingerprint density at radius 1 is 0.962 bits per heavy atom. The standard InChI is InChI=1S/C36H53N3O12S/c1-25(2)21-39(52(42,43)28-9-10-32-33(20-28)50-24-49-32)22-31(40)30(37-36(41)51-34-23-48-35-29(34)11-15-47-35)19-26-5-7-27(8-6-26)46-18-14-38(12-16-44-3)13-17-45-4/h5-10,20,25,29-31,34-35,40H,11-19,21-24H2,1-4H3,(H,37,41)/t29-,30-,31+,34-,35+/m0/s1. The predicted octanol–water partition coefficient (Wildman–Crippen LogP) is 2.50. The lowest BCUT2D eigenvalue weighted by Gasteiger charge is -2.31. The van der Waals surface area contributed by atoms with Gasteiger partial charge in [-0.3, -0.25) is 4.90 Å². The zero-order valence-electron chi connectivity index (χ0n) is 30.4. The number of aliphatic hydroxyl groups excluding tert-OH is 1. The first-order valence-electron chi connectivity index (χ1n) is 17.8. The number of nitrogens with one attached hydrogen (secondary N) is 1. The number of benzene rings is 2. The van der Waals surface area contributed by atoms with Crippen molar-refractivity contribution in [3.8, 4) is 17.2 Å². The van der Waals surface area contributed by atoms with E-state index in [1.165, 1.54) is 16.4 Å². The lowest BCUT2D eigenvalue weighted by molar-refractivity contribution is -0.0907. The second-order valence-electron chi connectivity index (χ2n) is 13.5. The van der Waals surface area contributed by atoms with Gasteiger partial charge in [0.15, 0.2) is 17.8 Å². The van der Waals surface area contributed by atoms with E-state index in [-0.39, 0.29) is 49.6 Å². The molecule has 3 heterocycles.